The van der Waals surface area contributed by atoms with Crippen LogP contribution in [0, 0.1) is 0 Å². The third kappa shape index (κ3) is 4.51. The third-order valence-electron chi connectivity index (χ3n) is 5.40. The Hall–Kier alpha value is -4.00. The molecule has 0 spiro atoms. The van der Waals surface area contributed by atoms with E-state index in [0.29, 0.717) is 6.61 Å². The maximum absolute atomic E-state index is 12.8. The Morgan fingerprint density at radius 1 is 1.09 bits per heavy atom. The minimum atomic E-state index is -0.584. The number of nitrogens with zero attached hydrogens (tertiary/aromatic N) is 2. The zero-order valence-electron chi connectivity index (χ0n) is 17.8. The molecule has 0 saturated carbocycles. The highest BCUT2D eigenvalue weighted by Crippen LogP contribution is 2.22. The second-order valence-electron chi connectivity index (χ2n) is 7.59. The summed E-state index contributed by atoms with van der Waals surface area (Å²) in [5, 5.41) is 10.0. The minimum absolute atomic E-state index is 0.0601. The van der Waals surface area contributed by atoms with Gasteiger partial charge < -0.3 is 20.2 Å². The largest absolute Gasteiger partial charge is 0.502 e. The molecule has 1 atom stereocenters. The standard InChI is InChI=1S/C25H25N3O4/c1-18(27-17-26-28-14-13-21(29)24(30)23(28)25(27)31)8-7-15-32-22-12-6-5-11-20(22)16-19-9-3-2-4-10-19/h2-14,18,26,30H,15-17H2,1H3/b8-7+/t18-/m1/s1. The van der Waals surface area contributed by atoms with E-state index in [1.807, 2.05) is 55.5 Å². The summed E-state index contributed by atoms with van der Waals surface area (Å²) in [6.45, 7) is 2.47. The molecular formula is C25H25N3O4. The van der Waals surface area contributed by atoms with E-state index in [1.54, 1.807) is 0 Å². The van der Waals surface area contributed by atoms with E-state index in [0.717, 1.165) is 17.7 Å². The smallest absolute Gasteiger partial charge is 0.278 e. The van der Waals surface area contributed by atoms with Crippen LogP contribution in [0.2, 0.25) is 0 Å². The fraction of sp³-hybridized carbons (Fsp3) is 0.200. The number of para-hydroxylation sites is 1. The predicted octanol–water partition coefficient (Wildman–Crippen LogP) is 3.13. The van der Waals surface area contributed by atoms with E-state index in [-0.39, 0.29) is 18.4 Å². The normalized spacial score (nSPS) is 14.2. The molecule has 7 heteroatoms. The van der Waals surface area contributed by atoms with Crippen LogP contribution in [0.1, 0.15) is 28.5 Å². The molecule has 0 bridgehead atoms. The molecule has 164 valence electrons. The van der Waals surface area contributed by atoms with Crippen molar-refractivity contribution < 1.29 is 14.6 Å². The van der Waals surface area contributed by atoms with Gasteiger partial charge >= 0.3 is 0 Å². The van der Waals surface area contributed by atoms with E-state index in [1.165, 1.54) is 27.4 Å². The number of fused-ring (bicyclic) bond motifs is 1. The van der Waals surface area contributed by atoms with Gasteiger partial charge in [-0.1, -0.05) is 54.6 Å². The first-order valence-corrected chi connectivity index (χ1v) is 10.5. The summed E-state index contributed by atoms with van der Waals surface area (Å²) in [5.41, 5.74) is 4.67. The summed E-state index contributed by atoms with van der Waals surface area (Å²) in [4.78, 5) is 26.0. The molecule has 0 unspecified atom stereocenters. The van der Waals surface area contributed by atoms with Crippen LogP contribution in [0.25, 0.3) is 0 Å². The van der Waals surface area contributed by atoms with Crippen LogP contribution < -0.4 is 15.6 Å². The van der Waals surface area contributed by atoms with Crippen LogP contribution in [0.15, 0.2) is 83.8 Å². The summed E-state index contributed by atoms with van der Waals surface area (Å²) < 4.78 is 7.35. The number of aromatic hydroxyl groups is 1. The van der Waals surface area contributed by atoms with E-state index in [9.17, 15) is 14.7 Å². The van der Waals surface area contributed by atoms with Crippen molar-refractivity contribution in [2.45, 2.75) is 19.4 Å². The zero-order valence-corrected chi connectivity index (χ0v) is 17.8. The van der Waals surface area contributed by atoms with Crippen LogP contribution >= 0.6 is 0 Å². The lowest BCUT2D eigenvalue weighted by atomic mass is 10.0. The molecule has 32 heavy (non-hydrogen) atoms. The fourth-order valence-corrected chi connectivity index (χ4v) is 3.65. The SMILES string of the molecule is C[C@H](/C=C/COc1ccccc1Cc1ccccc1)N1CNn2ccc(=O)c(O)c2C1=O. The van der Waals surface area contributed by atoms with E-state index in [2.05, 4.69) is 23.6 Å². The number of hydrogen-bond acceptors (Lipinski definition) is 5. The molecule has 2 heterocycles. The molecule has 0 fully saturated rings. The number of aromatic nitrogens is 1. The summed E-state index contributed by atoms with van der Waals surface area (Å²) in [6.07, 6.45) is 5.96. The lowest BCUT2D eigenvalue weighted by Gasteiger charge is -2.34. The van der Waals surface area contributed by atoms with Crippen molar-refractivity contribution in [2.24, 2.45) is 0 Å². The Balaban J connectivity index is 1.39. The first-order chi connectivity index (χ1) is 15.5. The molecular weight excluding hydrogens is 406 g/mol. The number of pyridine rings is 1. The summed E-state index contributed by atoms with van der Waals surface area (Å²) >= 11 is 0. The highest BCUT2D eigenvalue weighted by Gasteiger charge is 2.30. The highest BCUT2D eigenvalue weighted by atomic mass is 16.5. The van der Waals surface area contributed by atoms with Crippen LogP contribution in [0.4, 0.5) is 0 Å². The van der Waals surface area contributed by atoms with Gasteiger partial charge in [0.15, 0.2) is 11.4 Å². The quantitative estimate of drug-likeness (QED) is 0.562. The first kappa shape index (κ1) is 21.2. The molecule has 1 aromatic heterocycles. The van der Waals surface area contributed by atoms with Gasteiger partial charge in [0.2, 0.25) is 5.43 Å². The molecule has 1 aliphatic rings. The molecule has 2 N–H and O–H groups in total. The van der Waals surface area contributed by atoms with E-state index >= 15 is 0 Å². The molecule has 1 amide bonds. The van der Waals surface area contributed by atoms with Crippen molar-refractivity contribution in [3.05, 3.63) is 106 Å². The van der Waals surface area contributed by atoms with Gasteiger partial charge in [-0.2, -0.15) is 0 Å². The second kappa shape index (κ2) is 9.43. The second-order valence-corrected chi connectivity index (χ2v) is 7.59. The van der Waals surface area contributed by atoms with Crippen molar-refractivity contribution >= 4 is 5.91 Å². The van der Waals surface area contributed by atoms with Gasteiger partial charge in [0, 0.05) is 24.7 Å². The van der Waals surface area contributed by atoms with Crippen LogP contribution in [-0.2, 0) is 6.42 Å². The predicted molar refractivity (Wildman–Crippen MR) is 123 cm³/mol. The molecule has 7 nitrogen and oxygen atoms in total. The van der Waals surface area contributed by atoms with Gasteiger partial charge in [0.05, 0.1) is 0 Å². The Kier molecular flexibility index (Phi) is 6.26. The monoisotopic (exact) mass is 431 g/mol. The number of carbonyl (C=O) groups excluding carboxylic acids is 1. The van der Waals surface area contributed by atoms with Gasteiger partial charge in [0.25, 0.3) is 5.91 Å². The molecule has 1 aliphatic heterocycles. The number of amides is 1. The summed E-state index contributed by atoms with van der Waals surface area (Å²) in [7, 11) is 0. The Labute approximate surface area is 186 Å². The van der Waals surface area contributed by atoms with Gasteiger partial charge in [-0.05, 0) is 30.2 Å². The Morgan fingerprint density at radius 3 is 2.66 bits per heavy atom. The zero-order chi connectivity index (χ0) is 22.5. The summed E-state index contributed by atoms with van der Waals surface area (Å²) in [5.74, 6) is -0.142. The molecule has 0 aliphatic carbocycles. The fourth-order valence-electron chi connectivity index (χ4n) is 3.65. The van der Waals surface area contributed by atoms with Crippen molar-refractivity contribution in [3.63, 3.8) is 0 Å². The number of nitrogens with one attached hydrogen (secondary N) is 1. The van der Waals surface area contributed by atoms with Gasteiger partial charge in [0.1, 0.15) is 19.0 Å². The number of ether oxygens (including phenoxy) is 1. The van der Waals surface area contributed by atoms with Gasteiger partial charge in [-0.15, -0.1) is 0 Å². The highest BCUT2D eigenvalue weighted by molar-refractivity contribution is 5.96. The van der Waals surface area contributed by atoms with Crippen molar-refractivity contribution in [3.8, 4) is 11.5 Å². The molecule has 0 radical (unpaired) electrons. The molecule has 4 rings (SSSR count). The number of carbonyl (C=O) groups is 1. The lowest BCUT2D eigenvalue weighted by molar-refractivity contribution is 0.0689. The topological polar surface area (TPSA) is 83.8 Å². The number of hydrogen-bond donors (Lipinski definition) is 2. The maximum Gasteiger partial charge on any atom is 0.278 e. The Bertz CT molecular complexity index is 1190. The summed E-state index contributed by atoms with van der Waals surface area (Å²) in [6, 6.07) is 19.1. The maximum atomic E-state index is 12.8. The van der Waals surface area contributed by atoms with Gasteiger partial charge in [-0.25, -0.2) is 0 Å². The Morgan fingerprint density at radius 2 is 1.84 bits per heavy atom. The van der Waals surface area contributed by atoms with Gasteiger partial charge in [-0.3, -0.25) is 14.3 Å². The third-order valence-corrected chi connectivity index (χ3v) is 5.40. The number of rotatable bonds is 7. The van der Waals surface area contributed by atoms with E-state index in [4.69, 9.17) is 4.74 Å². The minimum Gasteiger partial charge on any atom is -0.502 e. The van der Waals surface area contributed by atoms with Crippen LogP contribution in [0.5, 0.6) is 11.5 Å². The molecule has 3 aromatic rings. The lowest BCUT2D eigenvalue weighted by Crippen LogP contribution is -2.49. The first-order valence-electron chi connectivity index (χ1n) is 10.5. The average molecular weight is 431 g/mol. The molecule has 2 aromatic carbocycles. The molecule has 0 saturated heterocycles. The van der Waals surface area contributed by atoms with Crippen LogP contribution in [0.3, 0.4) is 0 Å². The van der Waals surface area contributed by atoms with Crippen molar-refractivity contribution in [2.75, 3.05) is 18.7 Å². The average Bonchev–Trinajstić information content (AvgIpc) is 2.81. The van der Waals surface area contributed by atoms with E-state index < -0.39 is 17.1 Å². The van der Waals surface area contributed by atoms with Crippen molar-refractivity contribution in [1.29, 1.82) is 0 Å². The number of benzene rings is 2. The van der Waals surface area contributed by atoms with Crippen molar-refractivity contribution in [1.82, 2.24) is 9.58 Å². The van der Waals surface area contributed by atoms with Crippen LogP contribution in [-0.4, -0.2) is 39.9 Å².